The minimum absolute atomic E-state index is 0.0269. The fourth-order valence-electron chi connectivity index (χ4n) is 3.00. The first-order chi connectivity index (χ1) is 13.3. The number of aromatic nitrogens is 1. The lowest BCUT2D eigenvalue weighted by atomic mass is 10.2. The molecule has 0 unspecified atom stereocenters. The summed E-state index contributed by atoms with van der Waals surface area (Å²) in [6, 6.07) is 6.35. The van der Waals surface area contributed by atoms with E-state index < -0.39 is 27.7 Å². The van der Waals surface area contributed by atoms with Gasteiger partial charge in [-0.2, -0.15) is 0 Å². The average Bonchev–Trinajstić information content (AvgIpc) is 2.92. The van der Waals surface area contributed by atoms with Gasteiger partial charge >= 0.3 is 0 Å². The fourth-order valence-corrected chi connectivity index (χ4v) is 4.43. The number of halogens is 1. The molecule has 7 nitrogen and oxygen atoms in total. The zero-order valence-corrected chi connectivity index (χ0v) is 16.4. The maximum atomic E-state index is 13.8. The Bertz CT molecular complexity index is 1000. The summed E-state index contributed by atoms with van der Waals surface area (Å²) >= 11 is 0. The van der Waals surface area contributed by atoms with Crippen LogP contribution in [0.25, 0.3) is 0 Å². The number of carbonyl (C=O) groups excluding carboxylic acids is 2. The number of fused-ring (bicyclic) bond motifs is 1. The molecule has 28 heavy (non-hydrogen) atoms. The molecule has 0 spiro atoms. The van der Waals surface area contributed by atoms with Crippen LogP contribution < -0.4 is 0 Å². The predicted molar refractivity (Wildman–Crippen MR) is 99.6 cm³/mol. The monoisotopic (exact) mass is 405 g/mol. The normalized spacial score (nSPS) is 14.1. The van der Waals surface area contributed by atoms with Crippen LogP contribution in [0.4, 0.5) is 4.39 Å². The van der Waals surface area contributed by atoms with Crippen molar-refractivity contribution < 1.29 is 22.4 Å². The van der Waals surface area contributed by atoms with Gasteiger partial charge in [-0.05, 0) is 36.2 Å². The van der Waals surface area contributed by atoms with Crippen molar-refractivity contribution in [1.29, 1.82) is 0 Å². The van der Waals surface area contributed by atoms with Crippen LogP contribution >= 0.6 is 0 Å². The molecule has 1 aromatic heterocycles. The van der Waals surface area contributed by atoms with Gasteiger partial charge in [0, 0.05) is 19.8 Å². The number of rotatable bonds is 7. The van der Waals surface area contributed by atoms with Crippen LogP contribution in [0.3, 0.4) is 0 Å². The lowest BCUT2D eigenvalue weighted by Gasteiger charge is -2.21. The molecule has 0 N–H and O–H groups in total. The number of sulfonamides is 1. The maximum Gasteiger partial charge on any atom is 0.280 e. The van der Waals surface area contributed by atoms with E-state index in [4.69, 9.17) is 0 Å². The Morgan fingerprint density at radius 3 is 2.61 bits per heavy atom. The molecule has 9 heteroatoms. The highest BCUT2D eigenvalue weighted by atomic mass is 32.2. The van der Waals surface area contributed by atoms with Crippen molar-refractivity contribution >= 4 is 21.8 Å². The second-order valence-corrected chi connectivity index (χ2v) is 8.54. The van der Waals surface area contributed by atoms with E-state index in [1.165, 1.54) is 25.4 Å². The molecule has 0 aliphatic carbocycles. The molecule has 2 aromatic rings. The van der Waals surface area contributed by atoms with Crippen LogP contribution in [0.2, 0.25) is 0 Å². The fraction of sp³-hybridized carbons (Fsp3) is 0.316. The van der Waals surface area contributed by atoms with E-state index in [9.17, 15) is 22.4 Å². The zero-order chi connectivity index (χ0) is 20.5. The molecule has 1 aromatic carbocycles. The first-order valence-corrected chi connectivity index (χ1v) is 10.3. The topological polar surface area (TPSA) is 87.7 Å². The molecule has 0 fully saturated rings. The van der Waals surface area contributed by atoms with Gasteiger partial charge in [0.2, 0.25) is 10.0 Å². The van der Waals surface area contributed by atoms with Crippen molar-refractivity contribution in [3.8, 4) is 0 Å². The van der Waals surface area contributed by atoms with Crippen molar-refractivity contribution in [1.82, 2.24) is 14.2 Å². The van der Waals surface area contributed by atoms with Gasteiger partial charge in [0.15, 0.2) is 0 Å². The van der Waals surface area contributed by atoms with E-state index in [1.54, 1.807) is 6.07 Å². The lowest BCUT2D eigenvalue weighted by Crippen LogP contribution is -2.32. The highest BCUT2D eigenvalue weighted by Gasteiger charge is 2.37. The maximum absolute atomic E-state index is 13.8. The van der Waals surface area contributed by atoms with E-state index in [1.807, 2.05) is 6.92 Å². The van der Waals surface area contributed by atoms with Gasteiger partial charge in [-0.1, -0.05) is 19.4 Å². The Morgan fingerprint density at radius 2 is 1.93 bits per heavy atom. The molecule has 0 bridgehead atoms. The molecule has 2 amide bonds. The van der Waals surface area contributed by atoms with E-state index in [2.05, 4.69) is 4.98 Å². The molecule has 148 valence electrons. The Balaban J connectivity index is 1.97. The number of amides is 2. The van der Waals surface area contributed by atoms with Crippen molar-refractivity contribution in [3.05, 3.63) is 59.2 Å². The molecule has 0 saturated heterocycles. The summed E-state index contributed by atoms with van der Waals surface area (Å²) in [5, 5.41) is 0. The third-order valence-electron chi connectivity index (χ3n) is 4.60. The number of benzene rings is 1. The minimum Gasteiger partial charge on any atom is -0.268 e. The summed E-state index contributed by atoms with van der Waals surface area (Å²) in [5.74, 6) is -1.87. The number of pyridine rings is 1. The summed E-state index contributed by atoms with van der Waals surface area (Å²) in [4.78, 5) is 29.7. The third kappa shape index (κ3) is 3.55. The van der Waals surface area contributed by atoms with Crippen molar-refractivity contribution in [2.75, 3.05) is 13.6 Å². The Morgan fingerprint density at radius 1 is 1.18 bits per heavy atom. The van der Waals surface area contributed by atoms with Gasteiger partial charge < -0.3 is 0 Å². The van der Waals surface area contributed by atoms with Gasteiger partial charge in [-0.15, -0.1) is 0 Å². The third-order valence-corrected chi connectivity index (χ3v) is 6.54. The quantitative estimate of drug-likeness (QED) is 0.661. The first kappa shape index (κ1) is 20.1. The molecule has 0 radical (unpaired) electrons. The summed E-state index contributed by atoms with van der Waals surface area (Å²) in [5.41, 5.74) is 0.359. The average molecular weight is 405 g/mol. The molecular weight excluding hydrogens is 385 g/mol. The van der Waals surface area contributed by atoms with Gasteiger partial charge in [0.05, 0.1) is 17.0 Å². The van der Waals surface area contributed by atoms with Gasteiger partial charge in [0.25, 0.3) is 11.8 Å². The van der Waals surface area contributed by atoms with Crippen molar-refractivity contribution in [3.63, 3.8) is 0 Å². The molecule has 3 rings (SSSR count). The number of nitrogens with zero attached hydrogens (tertiary/aromatic N) is 3. The second kappa shape index (κ2) is 7.76. The van der Waals surface area contributed by atoms with Crippen LogP contribution in [-0.2, 0) is 16.6 Å². The standard InChI is InChI=1S/C19H20FN3O4S/c1-3-4-10-22(2)28(26,27)16-11-14(20)8-7-13(16)12-23-18(24)15-6-5-9-21-17(15)19(23)25/h5-9,11H,3-4,10,12H2,1-2H3. The number of imide groups is 1. The van der Waals surface area contributed by atoms with Crippen molar-refractivity contribution in [2.24, 2.45) is 0 Å². The Labute approximate surface area is 162 Å². The second-order valence-electron chi connectivity index (χ2n) is 6.53. The highest BCUT2D eigenvalue weighted by Crippen LogP contribution is 2.27. The molecule has 2 heterocycles. The van der Waals surface area contributed by atoms with E-state index >= 15 is 0 Å². The van der Waals surface area contributed by atoms with Crippen LogP contribution in [0.15, 0.2) is 41.4 Å². The van der Waals surface area contributed by atoms with E-state index in [-0.39, 0.29) is 34.8 Å². The van der Waals surface area contributed by atoms with Crippen LogP contribution in [0.1, 0.15) is 46.2 Å². The number of hydrogen-bond donors (Lipinski definition) is 0. The summed E-state index contributed by atoms with van der Waals surface area (Å²) in [6.45, 7) is 1.93. The molecular formula is C19H20FN3O4S. The van der Waals surface area contributed by atoms with E-state index in [0.29, 0.717) is 6.42 Å². The smallest absolute Gasteiger partial charge is 0.268 e. The summed E-state index contributed by atoms with van der Waals surface area (Å²) in [6.07, 6.45) is 2.87. The van der Waals surface area contributed by atoms with Crippen LogP contribution in [0, 0.1) is 5.82 Å². The SMILES string of the molecule is CCCCN(C)S(=O)(=O)c1cc(F)ccc1CN1C(=O)c2cccnc2C1=O. The van der Waals surface area contributed by atoms with Crippen LogP contribution in [-0.4, -0.2) is 48.0 Å². The van der Waals surface area contributed by atoms with Gasteiger partial charge in [-0.25, -0.2) is 17.1 Å². The Hall–Kier alpha value is -2.65. The highest BCUT2D eigenvalue weighted by molar-refractivity contribution is 7.89. The van der Waals surface area contributed by atoms with Crippen LogP contribution in [0.5, 0.6) is 0 Å². The van der Waals surface area contributed by atoms with Gasteiger partial charge in [-0.3, -0.25) is 19.5 Å². The largest absolute Gasteiger partial charge is 0.280 e. The summed E-state index contributed by atoms with van der Waals surface area (Å²) in [7, 11) is -2.56. The first-order valence-electron chi connectivity index (χ1n) is 8.83. The Kier molecular flexibility index (Phi) is 5.57. The summed E-state index contributed by atoms with van der Waals surface area (Å²) < 4.78 is 40.8. The molecule has 1 aliphatic rings. The van der Waals surface area contributed by atoms with E-state index in [0.717, 1.165) is 27.8 Å². The lowest BCUT2D eigenvalue weighted by molar-refractivity contribution is 0.0639. The predicted octanol–water partition coefficient (Wildman–Crippen LogP) is 2.44. The zero-order valence-electron chi connectivity index (χ0n) is 15.6. The molecule has 1 aliphatic heterocycles. The number of hydrogen-bond acceptors (Lipinski definition) is 5. The molecule has 0 saturated carbocycles. The molecule has 0 atom stereocenters. The van der Waals surface area contributed by atoms with Gasteiger partial charge in [0.1, 0.15) is 11.5 Å². The van der Waals surface area contributed by atoms with Crippen molar-refractivity contribution in [2.45, 2.75) is 31.2 Å². The minimum atomic E-state index is -3.98. The number of unbranched alkanes of at least 4 members (excludes halogenated alkanes) is 1. The number of carbonyl (C=O) groups is 2.